The third kappa shape index (κ3) is 20.8. The van der Waals surface area contributed by atoms with Crippen LogP contribution in [0, 0.1) is 11.8 Å². The topological polar surface area (TPSA) is 385 Å². The van der Waals surface area contributed by atoms with Crippen molar-refractivity contribution in [1.82, 2.24) is 36.8 Å². The molecule has 1 saturated carbocycles. The second-order valence-corrected chi connectivity index (χ2v) is 24.9. The van der Waals surface area contributed by atoms with E-state index in [2.05, 4.69) is 31.9 Å². The Balaban J connectivity index is 1.11. The molecule has 9 atom stereocenters. The van der Waals surface area contributed by atoms with Crippen molar-refractivity contribution in [3.63, 3.8) is 0 Å². The zero-order valence-electron chi connectivity index (χ0n) is 51.3. The maximum atomic E-state index is 14.4. The van der Waals surface area contributed by atoms with Gasteiger partial charge in [-0.3, -0.25) is 43.2 Å². The summed E-state index contributed by atoms with van der Waals surface area (Å²) < 4.78 is 30.1. The number of likely N-dealkylation sites (N-methyl/N-ethyl adjacent to an activating group) is 1. The number of ether oxygens (including phenoxy) is 5. The van der Waals surface area contributed by atoms with Crippen LogP contribution >= 0.6 is 23.4 Å². The average molecular weight is 1280 g/mol. The number of rotatable bonds is 27. The summed E-state index contributed by atoms with van der Waals surface area (Å²) in [5.74, 6) is -6.19. The van der Waals surface area contributed by atoms with Crippen molar-refractivity contribution in [2.45, 2.75) is 164 Å². The summed E-state index contributed by atoms with van der Waals surface area (Å²) in [4.78, 5) is 144. The van der Waals surface area contributed by atoms with E-state index in [0.717, 1.165) is 22.9 Å². The molecule has 6 bridgehead atoms. The summed E-state index contributed by atoms with van der Waals surface area (Å²) in [6.07, 6.45) is 5.76. The molecule has 0 spiro atoms. The van der Waals surface area contributed by atoms with E-state index < -0.39 is 125 Å². The van der Waals surface area contributed by atoms with Gasteiger partial charge in [-0.15, -0.1) is 11.8 Å². The number of hydrogen-bond acceptors (Lipinski definition) is 18. The Hall–Kier alpha value is -7.01. The molecule has 29 heteroatoms. The lowest BCUT2D eigenvalue weighted by Gasteiger charge is -2.58. The number of amides is 9. The minimum Gasteiger partial charge on any atom is -0.495 e. The smallest absolute Gasteiger partial charge is 0.407 e. The quantitative estimate of drug-likeness (QED) is 0.0447. The van der Waals surface area contributed by atoms with Crippen molar-refractivity contribution in [1.29, 1.82) is 0 Å². The Morgan fingerprint density at radius 3 is 2.30 bits per heavy atom. The maximum absolute atomic E-state index is 14.4. The number of carbonyl (C=O) groups excluding carboxylic acids is 10. The number of unbranched alkanes of at least 4 members (excludes halogenated alkanes) is 1. The predicted molar refractivity (Wildman–Crippen MR) is 324 cm³/mol. The van der Waals surface area contributed by atoms with Gasteiger partial charge in [0, 0.05) is 65.2 Å². The molecule has 4 aliphatic heterocycles. The first kappa shape index (κ1) is 71.7. The number of nitrogens with one attached hydrogen (secondary N) is 6. The first-order chi connectivity index (χ1) is 41.6. The Labute approximate surface area is 521 Å². The fraction of sp³-hybridized carbons (Fsp3) is 0.644. The molecule has 0 radical (unpaired) electrons. The minimum absolute atomic E-state index is 0.0249. The van der Waals surface area contributed by atoms with E-state index in [1.54, 1.807) is 40.1 Å². The van der Waals surface area contributed by atoms with Crippen LogP contribution in [0.5, 0.6) is 5.75 Å². The van der Waals surface area contributed by atoms with E-state index in [1.807, 2.05) is 25.2 Å². The van der Waals surface area contributed by atoms with E-state index >= 15 is 0 Å². The summed E-state index contributed by atoms with van der Waals surface area (Å²) in [7, 11) is 5.97. The van der Waals surface area contributed by atoms with Gasteiger partial charge in [-0.2, -0.15) is 0 Å². The minimum atomic E-state index is -1.30. The van der Waals surface area contributed by atoms with Crippen molar-refractivity contribution in [2.24, 2.45) is 23.3 Å². The predicted octanol–water partition coefficient (Wildman–Crippen LogP) is 1.68. The van der Waals surface area contributed by atoms with Gasteiger partial charge in [-0.25, -0.2) is 9.59 Å². The molecule has 9 amide bonds. The zero-order valence-corrected chi connectivity index (χ0v) is 52.9. The Morgan fingerprint density at radius 1 is 0.966 bits per heavy atom. The molecule has 27 nitrogen and oxygen atoms in total. The van der Waals surface area contributed by atoms with Gasteiger partial charge >= 0.3 is 18.0 Å². The number of allylic oxidation sites excluding steroid dienone is 3. The molecule has 1 aliphatic carbocycles. The number of carboxylic acids is 1. The van der Waals surface area contributed by atoms with Crippen molar-refractivity contribution >= 4 is 94.3 Å². The summed E-state index contributed by atoms with van der Waals surface area (Å²) in [6, 6.07) is 0.872. The van der Waals surface area contributed by atoms with E-state index in [-0.39, 0.29) is 73.8 Å². The van der Waals surface area contributed by atoms with Crippen molar-refractivity contribution < 1.29 is 81.5 Å². The zero-order chi connectivity index (χ0) is 65.0. The first-order valence-corrected chi connectivity index (χ1v) is 30.9. The van der Waals surface area contributed by atoms with Crippen LogP contribution in [-0.4, -0.2) is 195 Å². The number of alkyl carbamates (subject to hydrolysis) is 1. The van der Waals surface area contributed by atoms with Crippen LogP contribution in [0.2, 0.25) is 5.02 Å². The lowest BCUT2D eigenvalue weighted by atomic mass is 9.72. The third-order valence-corrected chi connectivity index (χ3v) is 18.0. The van der Waals surface area contributed by atoms with E-state index in [0.29, 0.717) is 69.3 Å². The van der Waals surface area contributed by atoms with Crippen LogP contribution in [-0.2, 0) is 73.3 Å². The maximum Gasteiger partial charge on any atom is 0.407 e. The molecule has 488 valence electrons. The Morgan fingerprint density at radius 2 is 1.65 bits per heavy atom. The number of carboxylic acid groups (broad SMARTS) is 1. The number of aliphatic carboxylic acids is 1. The number of halogens is 1. The van der Waals surface area contributed by atoms with E-state index in [4.69, 9.17) is 46.8 Å². The van der Waals surface area contributed by atoms with Crippen LogP contribution in [0.4, 0.5) is 10.5 Å². The fourth-order valence-corrected chi connectivity index (χ4v) is 12.5. The summed E-state index contributed by atoms with van der Waals surface area (Å²) in [5.41, 5.74) is 10.3. The fourth-order valence-electron chi connectivity index (χ4n) is 11.2. The highest BCUT2D eigenvalue weighted by Gasteiger charge is 2.62. The molecular formula is C59H87ClN10O17S. The summed E-state index contributed by atoms with van der Waals surface area (Å²) in [5, 5.41) is 24.5. The normalized spacial score (nSPS) is 25.6. The molecule has 88 heavy (non-hydrogen) atoms. The molecule has 0 aromatic heterocycles. The van der Waals surface area contributed by atoms with Gasteiger partial charge in [0.25, 0.3) is 0 Å². The molecule has 11 N–H and O–H groups in total. The largest absolute Gasteiger partial charge is 0.495 e. The highest BCUT2D eigenvalue weighted by molar-refractivity contribution is 8.00. The van der Waals surface area contributed by atoms with Gasteiger partial charge in [-0.05, 0) is 103 Å². The van der Waals surface area contributed by atoms with Crippen LogP contribution < -0.4 is 53.0 Å². The second-order valence-electron chi connectivity index (χ2n) is 23.2. The SMILES string of the molecule is COc1cc2cc(c1Cl)N(C)C(=O)C[C@H](OC(=O)[C@H](C)N(C)C(=O)CCS[C@H](CC(=O)O)C(=O)NCC1CCC(C(=O)NCCCCC(NC(=O)CNC(=O)CNC(=O)CN)C(N)=O)CC1)C1(C)CC(C)(O1)C1CC(NC(=O)O1)[C@H](OC)/C=C/C=C(\C)C2. The Bertz CT molecular complexity index is 2770. The molecule has 6 rings (SSSR count). The molecule has 5 aliphatic rings. The van der Waals surface area contributed by atoms with Crippen molar-refractivity contribution in [3.8, 4) is 5.75 Å². The van der Waals surface area contributed by atoms with Gasteiger partial charge in [0.1, 0.15) is 46.3 Å². The molecule has 1 aromatic rings. The van der Waals surface area contributed by atoms with Crippen molar-refractivity contribution in [3.05, 3.63) is 46.5 Å². The molecular weight excluding hydrogens is 1190 g/mol. The summed E-state index contributed by atoms with van der Waals surface area (Å²) >= 11 is 7.83. The first-order valence-electron chi connectivity index (χ1n) is 29.4. The number of primary amides is 1. The molecule has 1 aromatic carbocycles. The van der Waals surface area contributed by atoms with Crippen LogP contribution in [0.3, 0.4) is 0 Å². The second kappa shape index (κ2) is 33.5. The van der Waals surface area contributed by atoms with Gasteiger partial charge in [-0.1, -0.05) is 35.4 Å². The number of nitrogens with two attached hydrogens (primary N) is 2. The number of benzene rings is 1. The molecule has 5 unspecified atom stereocenters. The van der Waals surface area contributed by atoms with Gasteiger partial charge < -0.3 is 82.0 Å². The highest BCUT2D eigenvalue weighted by atomic mass is 35.5. The van der Waals surface area contributed by atoms with Crippen LogP contribution in [0.25, 0.3) is 0 Å². The molecule has 2 saturated heterocycles. The number of esters is 1. The summed E-state index contributed by atoms with van der Waals surface area (Å²) in [6.45, 7) is 6.33. The number of hydrogen-bond donors (Lipinski definition) is 9. The number of nitrogens with zero attached hydrogens (tertiary/aromatic N) is 2. The number of carbonyl (C=O) groups is 11. The number of methoxy groups -OCH3 is 2. The molecule has 3 fully saturated rings. The van der Waals surface area contributed by atoms with Gasteiger partial charge in [0.2, 0.25) is 47.3 Å². The van der Waals surface area contributed by atoms with Crippen LogP contribution in [0.15, 0.2) is 35.9 Å². The van der Waals surface area contributed by atoms with Gasteiger partial charge in [0.15, 0.2) is 0 Å². The third-order valence-electron chi connectivity index (χ3n) is 16.4. The molecule has 4 heterocycles. The number of anilines is 1. The Kier molecular flexibility index (Phi) is 27.3. The van der Waals surface area contributed by atoms with Gasteiger partial charge in [0.05, 0.1) is 62.7 Å². The number of thioether (sulfide) groups is 1. The monoisotopic (exact) mass is 1270 g/mol. The highest BCUT2D eigenvalue weighted by Crippen LogP contribution is 2.50. The average Bonchev–Trinajstić information content (AvgIpc) is 0.840. The van der Waals surface area contributed by atoms with Crippen LogP contribution in [0.1, 0.15) is 110 Å². The number of fused-ring (bicyclic) bond motifs is 6. The van der Waals surface area contributed by atoms with E-state index in [1.165, 1.54) is 30.9 Å². The standard InChI is InChI=1S/C59H87ClN10O17S/c1-33-12-11-14-41(83-7)39-25-44(86-57(82)68-39)58(3)32-59(4,87-58)45(27-50(75)70(6)40-23-36(22-33)24-42(84-8)52(40)60)85-56(81)34(2)69(5)49(74)19-21-88-43(26-51(76)77)55(80)66-29-35-15-17-37(18-16-35)54(79)63-20-10-9-13-38(53(62)78)67-48(73)31-65-47(72)30-64-46(71)28-61/h11-12,14,23-24,34-35,37-39,41,43-45H,9-10,13,15-22,25-32,61H2,1-8H3,(H2,62,78)(H,63,79)(H,64,71)(H,65,72)(H,66,80)(H,67,73)(H,68,82)(H,76,77)/b14-11+,33-12+/t34-,35?,37?,38?,39?,41+,43+,44?,45-,58?,59?/m0/s1. The lowest BCUT2D eigenvalue weighted by molar-refractivity contribution is -0.322. The van der Waals surface area contributed by atoms with E-state index in [9.17, 15) is 57.8 Å². The van der Waals surface area contributed by atoms with Crippen molar-refractivity contribution in [2.75, 3.05) is 71.7 Å². The lowest BCUT2D eigenvalue weighted by Crippen LogP contribution is -2.70.